The maximum atomic E-state index is 4.05. The van der Waals surface area contributed by atoms with E-state index in [-0.39, 0.29) is 24.8 Å². The number of fused-ring (bicyclic) bond motifs is 2. The third kappa shape index (κ3) is 3.75. The molecule has 152 valence electrons. The summed E-state index contributed by atoms with van der Waals surface area (Å²) >= 11 is -1.33. The Morgan fingerprint density at radius 2 is 0.968 bits per heavy atom. The molecule has 9 heteroatoms. The Kier molecular flexibility index (Phi) is 6.36. The minimum Gasteiger partial charge on any atom is -1.00 e. The molecule has 2 aliphatic carbocycles. The summed E-state index contributed by atoms with van der Waals surface area (Å²) in [7, 11) is 0. The summed E-state index contributed by atoms with van der Waals surface area (Å²) < 4.78 is 5.05. The summed E-state index contributed by atoms with van der Waals surface area (Å²) in [6.45, 7) is 0. The van der Waals surface area contributed by atoms with Crippen LogP contribution in [-0.4, -0.2) is 29.5 Å². The van der Waals surface area contributed by atoms with Gasteiger partial charge in [-0.15, -0.1) is 0 Å². The van der Waals surface area contributed by atoms with Gasteiger partial charge in [0.15, 0.2) is 0 Å². The van der Waals surface area contributed by atoms with E-state index in [2.05, 4.69) is 90.2 Å². The molecule has 31 heavy (non-hydrogen) atoms. The topological polar surface area (TPSA) is 61.4 Å². The van der Waals surface area contributed by atoms with Gasteiger partial charge in [-0.1, -0.05) is 0 Å². The van der Waals surface area contributed by atoms with Gasteiger partial charge in [-0.25, -0.2) is 0 Å². The molecule has 4 aromatic rings. The van der Waals surface area contributed by atoms with E-state index in [1.165, 1.54) is 33.6 Å². The maximum Gasteiger partial charge on any atom is -1.00 e. The molecule has 0 N–H and O–H groups in total. The van der Waals surface area contributed by atoms with Crippen LogP contribution in [0.1, 0.15) is 29.6 Å². The van der Waals surface area contributed by atoms with E-state index < -0.39 is 22.9 Å². The van der Waals surface area contributed by atoms with Crippen LogP contribution in [0.5, 0.6) is 0 Å². The minimum absolute atomic E-state index is 0. The Labute approximate surface area is 203 Å². The number of halogens is 2. The fourth-order valence-corrected chi connectivity index (χ4v) is 11.5. The molecular weight excluding hydrogens is 598 g/mol. The van der Waals surface area contributed by atoms with Gasteiger partial charge in [-0.05, 0) is 0 Å². The van der Waals surface area contributed by atoms with Crippen LogP contribution in [0.2, 0.25) is 0 Å². The van der Waals surface area contributed by atoms with Crippen molar-refractivity contribution in [2.24, 2.45) is 0 Å². The molecule has 6 rings (SSSR count). The summed E-state index contributed by atoms with van der Waals surface area (Å²) in [6.07, 6.45) is 11.9. The van der Waals surface area contributed by atoms with Crippen molar-refractivity contribution in [2.75, 3.05) is 0 Å². The predicted octanol–water partition coefficient (Wildman–Crippen LogP) is -2.23. The quantitative estimate of drug-likeness (QED) is 0.245. The molecule has 0 spiro atoms. The van der Waals surface area contributed by atoms with Crippen LogP contribution in [0.25, 0.3) is 23.5 Å². The van der Waals surface area contributed by atoms with E-state index in [1.807, 2.05) is 25.3 Å². The number of hydrogen-bond donors (Lipinski definition) is 0. The van der Waals surface area contributed by atoms with Crippen molar-refractivity contribution in [2.45, 2.75) is 7.35 Å². The average Bonchev–Trinajstić information content (AvgIpc) is 3.55. The number of benzene rings is 2. The first-order valence-electron chi connectivity index (χ1n) is 9.45. The third-order valence-corrected chi connectivity index (χ3v) is 12.3. The zero-order valence-corrected chi connectivity index (χ0v) is 21.3. The van der Waals surface area contributed by atoms with Gasteiger partial charge in [0.1, 0.15) is 0 Å². The molecule has 2 atom stereocenters. The van der Waals surface area contributed by atoms with Gasteiger partial charge in [0.25, 0.3) is 0 Å². The maximum absolute atomic E-state index is 4.05. The van der Waals surface area contributed by atoms with Crippen LogP contribution < -0.4 is 24.8 Å². The SMILES string of the molecule is C1=C(n2cnnc2)[CH]([Hf+2][CH]2C(n3cnnc3)=Cc3ccccc32)c2ccccc21.[Cl-].[Cl-]. The van der Waals surface area contributed by atoms with Crippen molar-refractivity contribution in [3.63, 3.8) is 0 Å². The Morgan fingerprint density at radius 1 is 0.581 bits per heavy atom. The van der Waals surface area contributed by atoms with Crippen LogP contribution in [0, 0.1) is 0 Å². The van der Waals surface area contributed by atoms with E-state index >= 15 is 0 Å². The second-order valence-electron chi connectivity index (χ2n) is 7.17. The Hall–Kier alpha value is -2.35. The first-order chi connectivity index (χ1) is 14.4. The summed E-state index contributed by atoms with van der Waals surface area (Å²) in [6, 6.07) is 17.5. The largest absolute Gasteiger partial charge is 1.00 e. The Morgan fingerprint density at radius 3 is 1.39 bits per heavy atom. The van der Waals surface area contributed by atoms with Crippen molar-refractivity contribution < 1.29 is 47.7 Å². The summed E-state index contributed by atoms with van der Waals surface area (Å²) in [5.41, 5.74) is 8.10. The summed E-state index contributed by atoms with van der Waals surface area (Å²) in [4.78, 5) is 0. The molecule has 2 aliphatic rings. The number of allylic oxidation sites excluding steroid dienone is 2. The van der Waals surface area contributed by atoms with Crippen LogP contribution >= 0.6 is 0 Å². The van der Waals surface area contributed by atoms with Gasteiger partial charge in [-0.2, -0.15) is 0 Å². The molecule has 0 bridgehead atoms. The Balaban J connectivity index is 0.00000116. The van der Waals surface area contributed by atoms with E-state index in [1.54, 1.807) is 0 Å². The first-order valence-corrected chi connectivity index (χ1v) is 13.6. The number of nitrogens with zero attached hydrogens (tertiary/aromatic N) is 6. The van der Waals surface area contributed by atoms with Gasteiger partial charge >= 0.3 is 179 Å². The monoisotopic (exact) mass is 614 g/mol. The van der Waals surface area contributed by atoms with E-state index in [0.29, 0.717) is 7.35 Å². The molecule has 0 radical (unpaired) electrons. The normalized spacial score (nSPS) is 18.1. The second-order valence-corrected chi connectivity index (χ2v) is 12.5. The third-order valence-electron chi connectivity index (χ3n) is 5.58. The first kappa shape index (κ1) is 21.9. The molecule has 2 heterocycles. The molecule has 6 nitrogen and oxygen atoms in total. The van der Waals surface area contributed by atoms with Crippen molar-refractivity contribution >= 4 is 23.5 Å². The van der Waals surface area contributed by atoms with Crippen LogP contribution in [-0.2, 0) is 22.9 Å². The number of aromatic nitrogens is 6. The molecule has 0 fully saturated rings. The van der Waals surface area contributed by atoms with Crippen molar-refractivity contribution in [3.8, 4) is 0 Å². The minimum atomic E-state index is -1.33. The second kappa shape index (κ2) is 9.02. The van der Waals surface area contributed by atoms with Crippen LogP contribution in [0.15, 0.2) is 73.8 Å². The molecule has 0 amide bonds. The van der Waals surface area contributed by atoms with Crippen molar-refractivity contribution in [1.82, 2.24) is 29.5 Å². The fourth-order valence-electron chi connectivity index (χ4n) is 4.25. The van der Waals surface area contributed by atoms with Crippen LogP contribution in [0.4, 0.5) is 0 Å². The van der Waals surface area contributed by atoms with E-state index in [0.717, 1.165) is 0 Å². The van der Waals surface area contributed by atoms with Gasteiger partial charge in [-0.3, -0.25) is 0 Å². The standard InChI is InChI=1S/2C11H8N3.2ClH.Hf/c2*1-2-4-10-6-11(5-9(10)3-1)14-7-12-13-8-14;;;/h2*1-8H;2*1H;/q;;;;+2/p-2. The predicted molar refractivity (Wildman–Crippen MR) is 107 cm³/mol. The fraction of sp³-hybridized carbons (Fsp3) is 0.0909. The molecule has 2 unspecified atom stereocenters. The van der Waals surface area contributed by atoms with Crippen molar-refractivity contribution in [3.05, 3.63) is 96.1 Å². The van der Waals surface area contributed by atoms with Gasteiger partial charge in [0.05, 0.1) is 0 Å². The average molecular weight is 614 g/mol. The van der Waals surface area contributed by atoms with Crippen LogP contribution in [0.3, 0.4) is 0 Å². The Bertz CT molecular complexity index is 1150. The molecule has 0 saturated carbocycles. The molecular formula is C22H16Cl2HfN6. The van der Waals surface area contributed by atoms with Gasteiger partial charge in [0.2, 0.25) is 0 Å². The zero-order valence-electron chi connectivity index (χ0n) is 16.2. The summed E-state index contributed by atoms with van der Waals surface area (Å²) in [5.74, 6) is 0. The molecule has 2 aromatic heterocycles. The molecule has 2 aromatic carbocycles. The van der Waals surface area contributed by atoms with E-state index in [4.69, 9.17) is 0 Å². The van der Waals surface area contributed by atoms with Gasteiger partial charge in [0, 0.05) is 0 Å². The molecule has 0 saturated heterocycles. The molecule has 0 aliphatic heterocycles. The number of hydrogen-bond acceptors (Lipinski definition) is 4. The van der Waals surface area contributed by atoms with E-state index in [9.17, 15) is 0 Å². The zero-order chi connectivity index (χ0) is 19.2. The van der Waals surface area contributed by atoms with Crippen molar-refractivity contribution in [1.29, 1.82) is 0 Å². The van der Waals surface area contributed by atoms with Gasteiger partial charge < -0.3 is 24.8 Å². The number of rotatable bonds is 4. The smallest absolute Gasteiger partial charge is 1.00 e. The summed E-state index contributed by atoms with van der Waals surface area (Å²) in [5, 5.41) is 16.2.